The van der Waals surface area contributed by atoms with Gasteiger partial charge in [0.15, 0.2) is 0 Å². The summed E-state index contributed by atoms with van der Waals surface area (Å²) >= 11 is 0. The maximum atomic E-state index is 12.7. The lowest BCUT2D eigenvalue weighted by molar-refractivity contribution is 0.628. The van der Waals surface area contributed by atoms with E-state index in [0.29, 0.717) is 5.69 Å². The van der Waals surface area contributed by atoms with Gasteiger partial charge in [0, 0.05) is 15.9 Å². The van der Waals surface area contributed by atoms with E-state index in [1.165, 1.54) is 24.4 Å². The SMILES string of the molecule is [2H]C([2H])([2H])c1ccc(-c2ccc(F)cc2)nc1. The molecule has 0 aliphatic heterocycles. The second-order valence-corrected chi connectivity index (χ2v) is 2.94. The van der Waals surface area contributed by atoms with Crippen molar-refractivity contribution in [3.63, 3.8) is 0 Å². The van der Waals surface area contributed by atoms with E-state index in [-0.39, 0.29) is 11.4 Å². The van der Waals surface area contributed by atoms with Crippen LogP contribution in [0.2, 0.25) is 0 Å². The van der Waals surface area contributed by atoms with Gasteiger partial charge >= 0.3 is 0 Å². The monoisotopic (exact) mass is 190 g/mol. The predicted molar refractivity (Wildman–Crippen MR) is 54.4 cm³/mol. The molecule has 0 unspecified atom stereocenters. The third-order valence-electron chi connectivity index (χ3n) is 1.90. The van der Waals surface area contributed by atoms with Crippen LogP contribution in [0.1, 0.15) is 9.68 Å². The Morgan fingerprint density at radius 1 is 1.14 bits per heavy atom. The molecular formula is C12H10FN. The quantitative estimate of drug-likeness (QED) is 0.673. The molecular weight excluding hydrogens is 177 g/mol. The number of nitrogens with zero attached hydrogens (tertiary/aromatic N) is 1. The highest BCUT2D eigenvalue weighted by Gasteiger charge is 1.98. The Hall–Kier alpha value is -1.70. The van der Waals surface area contributed by atoms with Gasteiger partial charge in [0.05, 0.1) is 5.69 Å². The first-order chi connectivity index (χ1) is 7.97. The molecule has 0 N–H and O–H groups in total. The van der Waals surface area contributed by atoms with Crippen LogP contribution in [0.25, 0.3) is 11.3 Å². The van der Waals surface area contributed by atoms with Crippen molar-refractivity contribution in [3.05, 3.63) is 54.0 Å². The summed E-state index contributed by atoms with van der Waals surface area (Å²) in [5.41, 5.74) is 1.57. The van der Waals surface area contributed by atoms with Crippen molar-refractivity contribution in [3.8, 4) is 11.3 Å². The fourth-order valence-corrected chi connectivity index (χ4v) is 1.19. The molecule has 0 saturated carbocycles. The highest BCUT2D eigenvalue weighted by Crippen LogP contribution is 2.16. The Bertz CT molecular complexity index is 503. The van der Waals surface area contributed by atoms with Crippen molar-refractivity contribution >= 4 is 0 Å². The van der Waals surface area contributed by atoms with Crippen LogP contribution in [0.15, 0.2) is 42.6 Å². The second kappa shape index (κ2) is 3.58. The average Bonchev–Trinajstić information content (AvgIpc) is 2.29. The van der Waals surface area contributed by atoms with E-state index >= 15 is 0 Å². The molecule has 0 amide bonds. The molecule has 14 heavy (non-hydrogen) atoms. The molecule has 0 saturated heterocycles. The molecule has 1 heterocycles. The molecule has 0 bridgehead atoms. The van der Waals surface area contributed by atoms with E-state index in [2.05, 4.69) is 4.98 Å². The van der Waals surface area contributed by atoms with Crippen LogP contribution in [0, 0.1) is 12.7 Å². The van der Waals surface area contributed by atoms with Crippen molar-refractivity contribution in [2.75, 3.05) is 0 Å². The molecule has 0 radical (unpaired) electrons. The summed E-state index contributed by atoms with van der Waals surface area (Å²) in [6.07, 6.45) is 1.33. The number of hydrogen-bond acceptors (Lipinski definition) is 1. The zero-order valence-electron chi connectivity index (χ0n) is 10.4. The standard InChI is InChI=1S/C12H10FN/c1-9-2-7-12(14-8-9)10-3-5-11(13)6-4-10/h2-8H,1H3/i1D3. The smallest absolute Gasteiger partial charge is 0.123 e. The first-order valence-corrected chi connectivity index (χ1v) is 4.19. The minimum Gasteiger partial charge on any atom is -0.256 e. The van der Waals surface area contributed by atoms with Gasteiger partial charge in [0.1, 0.15) is 5.82 Å². The van der Waals surface area contributed by atoms with Gasteiger partial charge in [0.2, 0.25) is 0 Å². The van der Waals surface area contributed by atoms with Crippen molar-refractivity contribution < 1.29 is 8.50 Å². The highest BCUT2D eigenvalue weighted by atomic mass is 19.1. The van der Waals surface area contributed by atoms with E-state index in [0.717, 1.165) is 5.56 Å². The largest absolute Gasteiger partial charge is 0.256 e. The Morgan fingerprint density at radius 3 is 2.50 bits per heavy atom. The van der Waals surface area contributed by atoms with Crippen LogP contribution in [0.4, 0.5) is 4.39 Å². The summed E-state index contributed by atoms with van der Waals surface area (Å²) < 4.78 is 34.4. The van der Waals surface area contributed by atoms with Gasteiger partial charge in [0.25, 0.3) is 0 Å². The lowest BCUT2D eigenvalue weighted by Gasteiger charge is -2.00. The predicted octanol–water partition coefficient (Wildman–Crippen LogP) is 3.20. The van der Waals surface area contributed by atoms with Gasteiger partial charge < -0.3 is 0 Å². The maximum absolute atomic E-state index is 12.7. The molecule has 0 spiro atoms. The zero-order valence-corrected chi connectivity index (χ0v) is 7.37. The summed E-state index contributed by atoms with van der Waals surface area (Å²) in [5.74, 6) is -0.312. The summed E-state index contributed by atoms with van der Waals surface area (Å²) in [4.78, 5) is 4.06. The Kier molecular flexibility index (Phi) is 1.51. The van der Waals surface area contributed by atoms with Crippen molar-refractivity contribution in [1.29, 1.82) is 0 Å². The highest BCUT2D eigenvalue weighted by molar-refractivity contribution is 5.58. The third-order valence-corrected chi connectivity index (χ3v) is 1.90. The van der Waals surface area contributed by atoms with Gasteiger partial charge in [-0.15, -0.1) is 0 Å². The molecule has 2 rings (SSSR count). The normalized spacial score (nSPS) is 14.2. The van der Waals surface area contributed by atoms with Crippen LogP contribution < -0.4 is 0 Å². The van der Waals surface area contributed by atoms with Crippen LogP contribution in [0.3, 0.4) is 0 Å². The van der Waals surface area contributed by atoms with Crippen LogP contribution in [-0.4, -0.2) is 4.98 Å². The lowest BCUT2D eigenvalue weighted by atomic mass is 10.1. The topological polar surface area (TPSA) is 12.9 Å². The summed E-state index contributed by atoms with van der Waals surface area (Å²) in [7, 11) is 0. The number of aryl methyl sites for hydroxylation is 1. The molecule has 1 aromatic carbocycles. The molecule has 0 aliphatic rings. The van der Waals surface area contributed by atoms with E-state index in [1.807, 2.05) is 0 Å². The summed E-state index contributed by atoms with van der Waals surface area (Å²) in [6.45, 7) is -2.14. The molecule has 0 fully saturated rings. The Balaban J connectivity index is 2.33. The molecule has 2 heteroatoms. The van der Waals surface area contributed by atoms with Gasteiger partial charge in [-0.05, 0) is 42.7 Å². The van der Waals surface area contributed by atoms with E-state index in [1.54, 1.807) is 18.2 Å². The number of pyridine rings is 1. The van der Waals surface area contributed by atoms with E-state index in [4.69, 9.17) is 4.11 Å². The molecule has 70 valence electrons. The molecule has 1 aromatic heterocycles. The van der Waals surface area contributed by atoms with E-state index in [9.17, 15) is 4.39 Å². The summed E-state index contributed by atoms with van der Waals surface area (Å²) in [5, 5.41) is 0. The van der Waals surface area contributed by atoms with Crippen molar-refractivity contribution in [2.24, 2.45) is 0 Å². The van der Waals surface area contributed by atoms with E-state index < -0.39 is 6.85 Å². The number of halogens is 1. The number of aromatic nitrogens is 1. The molecule has 0 atom stereocenters. The minimum atomic E-state index is -2.14. The minimum absolute atomic E-state index is 0.198. The van der Waals surface area contributed by atoms with Gasteiger partial charge in [-0.2, -0.15) is 0 Å². The Morgan fingerprint density at radius 2 is 1.93 bits per heavy atom. The third kappa shape index (κ3) is 1.79. The van der Waals surface area contributed by atoms with Crippen LogP contribution >= 0.6 is 0 Å². The average molecular weight is 190 g/mol. The lowest BCUT2D eigenvalue weighted by Crippen LogP contribution is -1.84. The maximum Gasteiger partial charge on any atom is 0.123 e. The molecule has 2 aromatic rings. The number of hydrogen-bond donors (Lipinski definition) is 0. The fraction of sp³-hybridized carbons (Fsp3) is 0.0833. The van der Waals surface area contributed by atoms with Crippen LogP contribution in [0.5, 0.6) is 0 Å². The van der Waals surface area contributed by atoms with Gasteiger partial charge in [-0.1, -0.05) is 6.07 Å². The first kappa shape index (κ1) is 5.91. The summed E-state index contributed by atoms with van der Waals surface area (Å²) in [6, 6.07) is 9.02. The van der Waals surface area contributed by atoms with Gasteiger partial charge in [-0.3, -0.25) is 4.98 Å². The number of rotatable bonds is 1. The number of benzene rings is 1. The van der Waals surface area contributed by atoms with Crippen LogP contribution in [-0.2, 0) is 0 Å². The van der Waals surface area contributed by atoms with Crippen molar-refractivity contribution in [1.82, 2.24) is 4.98 Å². The Labute approximate surface area is 86.5 Å². The van der Waals surface area contributed by atoms with Gasteiger partial charge in [-0.25, -0.2) is 4.39 Å². The molecule has 1 nitrogen and oxygen atoms in total. The first-order valence-electron chi connectivity index (χ1n) is 5.69. The molecule has 0 aliphatic carbocycles. The second-order valence-electron chi connectivity index (χ2n) is 2.94. The fourth-order valence-electron chi connectivity index (χ4n) is 1.19. The zero-order chi connectivity index (χ0) is 12.5. The van der Waals surface area contributed by atoms with Crippen molar-refractivity contribution in [2.45, 2.75) is 6.85 Å².